The lowest BCUT2D eigenvalue weighted by Gasteiger charge is -2.12. The van der Waals surface area contributed by atoms with Gasteiger partial charge in [0.1, 0.15) is 0 Å². The van der Waals surface area contributed by atoms with Crippen molar-refractivity contribution in [2.24, 2.45) is 4.99 Å². The average Bonchev–Trinajstić information content (AvgIpc) is 2.59. The van der Waals surface area contributed by atoms with Crippen LogP contribution in [0.25, 0.3) is 0 Å². The van der Waals surface area contributed by atoms with Gasteiger partial charge < -0.3 is 16.0 Å². The van der Waals surface area contributed by atoms with Crippen molar-refractivity contribution < 1.29 is 4.79 Å². The Morgan fingerprint density at radius 3 is 2.39 bits per heavy atom. The predicted octanol–water partition coefficient (Wildman–Crippen LogP) is 2.55. The molecular weight excluding hydrogens is 288 g/mol. The highest BCUT2D eigenvalue weighted by Crippen LogP contribution is 1.98. The van der Waals surface area contributed by atoms with Crippen LogP contribution in [0, 0.1) is 0 Å². The van der Waals surface area contributed by atoms with E-state index in [1.165, 1.54) is 19.3 Å². The summed E-state index contributed by atoms with van der Waals surface area (Å²) in [4.78, 5) is 16.4. The molecule has 23 heavy (non-hydrogen) atoms. The molecule has 1 aromatic carbocycles. The van der Waals surface area contributed by atoms with Crippen LogP contribution in [-0.2, 0) is 0 Å². The van der Waals surface area contributed by atoms with Crippen LogP contribution >= 0.6 is 0 Å². The van der Waals surface area contributed by atoms with Gasteiger partial charge >= 0.3 is 0 Å². The molecule has 0 aliphatic carbocycles. The van der Waals surface area contributed by atoms with Crippen LogP contribution in [0.3, 0.4) is 0 Å². The molecule has 128 valence electrons. The van der Waals surface area contributed by atoms with Gasteiger partial charge in [-0.1, -0.05) is 44.4 Å². The number of unbranched alkanes of at least 4 members (excludes halogenated alkanes) is 3. The lowest BCUT2D eigenvalue weighted by Crippen LogP contribution is -2.41. The predicted molar refractivity (Wildman–Crippen MR) is 96.9 cm³/mol. The molecule has 0 spiro atoms. The maximum Gasteiger partial charge on any atom is 0.251 e. The number of aliphatic imine (C=N–C) groups is 1. The molecular formula is C18H30N4O. The molecule has 1 aromatic rings. The van der Waals surface area contributed by atoms with Gasteiger partial charge in [0.15, 0.2) is 5.96 Å². The topological polar surface area (TPSA) is 65.5 Å². The number of nitrogens with one attached hydrogen (secondary N) is 3. The first-order valence-electron chi connectivity index (χ1n) is 8.63. The number of amides is 1. The third-order valence-electron chi connectivity index (χ3n) is 3.36. The van der Waals surface area contributed by atoms with Crippen molar-refractivity contribution in [2.45, 2.75) is 39.5 Å². The molecule has 0 radical (unpaired) electrons. The monoisotopic (exact) mass is 318 g/mol. The lowest BCUT2D eigenvalue weighted by atomic mass is 10.2. The number of guanidine groups is 1. The highest BCUT2D eigenvalue weighted by atomic mass is 16.1. The highest BCUT2D eigenvalue weighted by molar-refractivity contribution is 5.94. The summed E-state index contributed by atoms with van der Waals surface area (Å²) in [5.41, 5.74) is 0.684. The Kier molecular flexibility index (Phi) is 10.3. The first-order valence-corrected chi connectivity index (χ1v) is 8.63. The summed E-state index contributed by atoms with van der Waals surface area (Å²) in [6.45, 7) is 7.14. The lowest BCUT2D eigenvalue weighted by molar-refractivity contribution is 0.0954. The molecule has 0 saturated heterocycles. The number of benzene rings is 1. The normalized spacial score (nSPS) is 11.1. The van der Waals surface area contributed by atoms with Gasteiger partial charge in [0.25, 0.3) is 5.91 Å². The van der Waals surface area contributed by atoms with Gasteiger partial charge in [-0.15, -0.1) is 0 Å². The van der Waals surface area contributed by atoms with Crippen LogP contribution in [0.4, 0.5) is 0 Å². The Morgan fingerprint density at radius 2 is 1.70 bits per heavy atom. The second kappa shape index (κ2) is 12.5. The average molecular weight is 318 g/mol. The molecule has 1 rings (SSSR count). The smallest absolute Gasteiger partial charge is 0.251 e. The molecule has 0 aliphatic rings. The molecule has 0 aromatic heterocycles. The van der Waals surface area contributed by atoms with Gasteiger partial charge in [-0.25, -0.2) is 0 Å². The molecule has 0 fully saturated rings. The van der Waals surface area contributed by atoms with Crippen LogP contribution in [0.15, 0.2) is 35.3 Å². The number of rotatable bonds is 10. The minimum Gasteiger partial charge on any atom is -0.357 e. The van der Waals surface area contributed by atoms with E-state index in [0.717, 1.165) is 25.5 Å². The van der Waals surface area contributed by atoms with Gasteiger partial charge in [-0.3, -0.25) is 9.79 Å². The standard InChI is InChI=1S/C18H30N4O/c1-3-5-6-10-13-21-18(19-4-2)22-15-14-20-17(23)16-11-8-7-9-12-16/h7-9,11-12H,3-6,10,13-15H2,1-2H3,(H,20,23)(H2,19,21,22). The van der Waals surface area contributed by atoms with Crippen LogP contribution in [-0.4, -0.2) is 38.0 Å². The summed E-state index contributed by atoms with van der Waals surface area (Å²) >= 11 is 0. The van der Waals surface area contributed by atoms with E-state index in [1.807, 2.05) is 37.3 Å². The Bertz CT molecular complexity index is 459. The fourth-order valence-corrected chi connectivity index (χ4v) is 2.12. The summed E-state index contributed by atoms with van der Waals surface area (Å²) in [6.07, 6.45) is 4.86. The second-order valence-electron chi connectivity index (χ2n) is 5.37. The first kappa shape index (κ1) is 19.0. The van der Waals surface area contributed by atoms with Gasteiger partial charge in [0.05, 0.1) is 0 Å². The Labute approximate surface area is 140 Å². The van der Waals surface area contributed by atoms with E-state index in [4.69, 9.17) is 0 Å². The van der Waals surface area contributed by atoms with Crippen molar-refractivity contribution in [1.82, 2.24) is 16.0 Å². The van der Waals surface area contributed by atoms with E-state index in [0.29, 0.717) is 18.7 Å². The summed E-state index contributed by atoms with van der Waals surface area (Å²) in [6, 6.07) is 9.25. The second-order valence-corrected chi connectivity index (χ2v) is 5.37. The number of carbonyl (C=O) groups excluding carboxylic acids is 1. The molecule has 0 bridgehead atoms. The zero-order chi connectivity index (χ0) is 16.8. The van der Waals surface area contributed by atoms with E-state index >= 15 is 0 Å². The molecule has 5 heteroatoms. The molecule has 0 aliphatic heterocycles. The van der Waals surface area contributed by atoms with E-state index < -0.39 is 0 Å². The number of nitrogens with zero attached hydrogens (tertiary/aromatic N) is 1. The fourth-order valence-electron chi connectivity index (χ4n) is 2.12. The third-order valence-corrected chi connectivity index (χ3v) is 3.36. The van der Waals surface area contributed by atoms with E-state index in [9.17, 15) is 4.79 Å². The molecule has 3 N–H and O–H groups in total. The summed E-state index contributed by atoms with van der Waals surface area (Å²) in [7, 11) is 0. The zero-order valence-electron chi connectivity index (χ0n) is 14.4. The quantitative estimate of drug-likeness (QED) is 0.353. The Hall–Kier alpha value is -2.04. The van der Waals surface area contributed by atoms with Crippen molar-refractivity contribution in [3.05, 3.63) is 35.9 Å². The maximum absolute atomic E-state index is 11.9. The van der Waals surface area contributed by atoms with Crippen LogP contribution in [0.5, 0.6) is 0 Å². The third kappa shape index (κ3) is 8.86. The largest absolute Gasteiger partial charge is 0.357 e. The molecule has 0 heterocycles. The first-order chi connectivity index (χ1) is 11.3. The van der Waals surface area contributed by atoms with E-state index in [-0.39, 0.29) is 5.91 Å². The van der Waals surface area contributed by atoms with Crippen molar-refractivity contribution in [3.8, 4) is 0 Å². The maximum atomic E-state index is 11.9. The Morgan fingerprint density at radius 1 is 0.957 bits per heavy atom. The molecule has 0 saturated carbocycles. The van der Waals surface area contributed by atoms with Crippen molar-refractivity contribution >= 4 is 11.9 Å². The van der Waals surface area contributed by atoms with Crippen LogP contribution < -0.4 is 16.0 Å². The van der Waals surface area contributed by atoms with Gasteiger partial charge in [-0.2, -0.15) is 0 Å². The van der Waals surface area contributed by atoms with Gasteiger partial charge in [0, 0.05) is 31.7 Å². The van der Waals surface area contributed by atoms with Gasteiger partial charge in [0.2, 0.25) is 0 Å². The van der Waals surface area contributed by atoms with Crippen molar-refractivity contribution in [3.63, 3.8) is 0 Å². The molecule has 1 amide bonds. The summed E-state index contributed by atoms with van der Waals surface area (Å²) in [5, 5.41) is 9.36. The zero-order valence-corrected chi connectivity index (χ0v) is 14.4. The van der Waals surface area contributed by atoms with Crippen LogP contribution in [0.2, 0.25) is 0 Å². The van der Waals surface area contributed by atoms with Crippen molar-refractivity contribution in [1.29, 1.82) is 0 Å². The molecule has 0 atom stereocenters. The van der Waals surface area contributed by atoms with Crippen molar-refractivity contribution in [2.75, 3.05) is 26.2 Å². The number of hydrogen-bond donors (Lipinski definition) is 3. The highest BCUT2D eigenvalue weighted by Gasteiger charge is 2.03. The minimum atomic E-state index is -0.0473. The fraction of sp³-hybridized carbons (Fsp3) is 0.556. The summed E-state index contributed by atoms with van der Waals surface area (Å²) < 4.78 is 0. The molecule has 5 nitrogen and oxygen atoms in total. The van der Waals surface area contributed by atoms with E-state index in [2.05, 4.69) is 27.9 Å². The Balaban J connectivity index is 2.24. The van der Waals surface area contributed by atoms with E-state index in [1.54, 1.807) is 0 Å². The molecule has 0 unspecified atom stereocenters. The van der Waals surface area contributed by atoms with Crippen LogP contribution in [0.1, 0.15) is 49.9 Å². The summed E-state index contributed by atoms with van der Waals surface area (Å²) in [5.74, 6) is 0.770. The number of carbonyl (C=O) groups is 1. The SMILES string of the molecule is CCCCCCN=C(NCC)NCCNC(=O)c1ccccc1. The van der Waals surface area contributed by atoms with Gasteiger partial charge in [-0.05, 0) is 25.5 Å². The number of hydrogen-bond acceptors (Lipinski definition) is 2. The minimum absolute atomic E-state index is 0.0473.